The smallest absolute Gasteiger partial charge is 0.321 e. The molecule has 0 saturated heterocycles. The van der Waals surface area contributed by atoms with Crippen molar-refractivity contribution < 1.29 is 9.59 Å². The Labute approximate surface area is 107 Å². The van der Waals surface area contributed by atoms with E-state index >= 15 is 0 Å². The maximum Gasteiger partial charge on any atom is 0.321 e. The van der Waals surface area contributed by atoms with Crippen molar-refractivity contribution in [1.29, 1.82) is 0 Å². The summed E-state index contributed by atoms with van der Waals surface area (Å²) in [4.78, 5) is 24.5. The van der Waals surface area contributed by atoms with E-state index in [1.54, 1.807) is 0 Å². The molecule has 0 spiro atoms. The maximum absolute atomic E-state index is 11.4. The molecule has 3 amide bonds. The molecule has 0 aromatic rings. The third-order valence-electron chi connectivity index (χ3n) is 3.44. The molecule has 0 atom stereocenters. The fourth-order valence-corrected chi connectivity index (χ4v) is 2.33. The molecule has 1 fully saturated rings. The summed E-state index contributed by atoms with van der Waals surface area (Å²) in [7, 11) is 4.05. The second kappa shape index (κ2) is 6.21. The van der Waals surface area contributed by atoms with Gasteiger partial charge in [0.1, 0.15) is 5.88 Å². The Morgan fingerprint density at radius 2 is 1.88 bits per heavy atom. The minimum Gasteiger partial charge on any atom is -0.336 e. The first kappa shape index (κ1) is 14.3. The molecule has 0 heterocycles. The van der Waals surface area contributed by atoms with E-state index in [0.717, 1.165) is 12.8 Å². The Balaban J connectivity index is 2.42. The molecule has 0 aromatic heterocycles. The molecular formula is C11H20ClN3O2. The number of rotatable bonds is 4. The number of likely N-dealkylation sites (N-methyl/N-ethyl adjacent to an activating group) is 1. The van der Waals surface area contributed by atoms with E-state index in [2.05, 4.69) is 15.5 Å². The average Bonchev–Trinajstić information content (AvgIpc) is 2.76. The van der Waals surface area contributed by atoms with E-state index in [9.17, 15) is 9.59 Å². The number of urea groups is 1. The van der Waals surface area contributed by atoms with Crippen molar-refractivity contribution in [3.63, 3.8) is 0 Å². The second-order valence-electron chi connectivity index (χ2n) is 4.69. The minimum absolute atomic E-state index is 0.0291. The Hall–Kier alpha value is -0.810. The van der Waals surface area contributed by atoms with Gasteiger partial charge in [-0.3, -0.25) is 10.1 Å². The molecule has 5 nitrogen and oxygen atoms in total. The molecule has 6 heteroatoms. The summed E-state index contributed by atoms with van der Waals surface area (Å²) in [5, 5.41) is 4.91. The Morgan fingerprint density at radius 3 is 2.35 bits per heavy atom. The number of nitrogens with one attached hydrogen (secondary N) is 2. The van der Waals surface area contributed by atoms with Crippen LogP contribution in [-0.2, 0) is 4.79 Å². The van der Waals surface area contributed by atoms with Gasteiger partial charge in [-0.05, 0) is 26.9 Å². The Bertz CT molecular complexity index is 288. The standard InChI is InChI=1S/C11H20ClN3O2/c1-15(2)11(5-3-4-6-11)8-13-10(17)14-9(16)7-12/h3-8H2,1-2H3,(H2,13,14,16,17). The molecule has 0 aliphatic heterocycles. The number of hydrogen-bond donors (Lipinski definition) is 2. The first-order valence-electron chi connectivity index (χ1n) is 5.81. The predicted octanol–water partition coefficient (Wildman–Crippen LogP) is 0.925. The first-order chi connectivity index (χ1) is 8.00. The third-order valence-corrected chi connectivity index (χ3v) is 3.68. The van der Waals surface area contributed by atoms with Crippen LogP contribution >= 0.6 is 11.6 Å². The number of hydrogen-bond acceptors (Lipinski definition) is 3. The van der Waals surface area contributed by atoms with Gasteiger partial charge in [-0.25, -0.2) is 4.79 Å². The average molecular weight is 262 g/mol. The summed E-state index contributed by atoms with van der Waals surface area (Å²) in [6, 6.07) is -0.469. The van der Waals surface area contributed by atoms with Gasteiger partial charge in [0.05, 0.1) is 0 Å². The van der Waals surface area contributed by atoms with Crippen LogP contribution in [0.4, 0.5) is 4.79 Å². The monoisotopic (exact) mass is 261 g/mol. The van der Waals surface area contributed by atoms with Crippen molar-refractivity contribution in [2.24, 2.45) is 0 Å². The van der Waals surface area contributed by atoms with Crippen LogP contribution in [0, 0.1) is 0 Å². The van der Waals surface area contributed by atoms with Crippen LogP contribution in [0.3, 0.4) is 0 Å². The summed E-state index contributed by atoms with van der Waals surface area (Å²) < 4.78 is 0. The second-order valence-corrected chi connectivity index (χ2v) is 4.96. The number of carbonyl (C=O) groups is 2. The van der Waals surface area contributed by atoms with Crippen LogP contribution in [0.25, 0.3) is 0 Å². The Kier molecular flexibility index (Phi) is 5.21. The van der Waals surface area contributed by atoms with Gasteiger partial charge in [0.2, 0.25) is 5.91 Å². The van der Waals surface area contributed by atoms with Gasteiger partial charge in [-0.15, -0.1) is 11.6 Å². The normalized spacial score (nSPS) is 18.1. The van der Waals surface area contributed by atoms with Gasteiger partial charge >= 0.3 is 6.03 Å². The quantitative estimate of drug-likeness (QED) is 0.740. The first-order valence-corrected chi connectivity index (χ1v) is 6.35. The van der Waals surface area contributed by atoms with Crippen LogP contribution in [0.5, 0.6) is 0 Å². The Morgan fingerprint density at radius 1 is 1.29 bits per heavy atom. The third kappa shape index (κ3) is 3.85. The largest absolute Gasteiger partial charge is 0.336 e. The van der Waals surface area contributed by atoms with Crippen molar-refractivity contribution >= 4 is 23.5 Å². The number of halogens is 1. The summed E-state index contributed by atoms with van der Waals surface area (Å²) in [6.45, 7) is 0.557. The lowest BCUT2D eigenvalue weighted by Crippen LogP contribution is -2.53. The molecule has 0 bridgehead atoms. The van der Waals surface area contributed by atoms with Crippen molar-refractivity contribution in [2.45, 2.75) is 31.2 Å². The van der Waals surface area contributed by atoms with Gasteiger partial charge < -0.3 is 10.2 Å². The molecule has 2 N–H and O–H groups in total. The molecule has 1 aliphatic rings. The SMILES string of the molecule is CN(C)C1(CNC(=O)NC(=O)CCl)CCCC1. The summed E-state index contributed by atoms with van der Waals surface area (Å²) in [5.74, 6) is -0.679. The van der Waals surface area contributed by atoms with Crippen molar-refractivity contribution in [3.8, 4) is 0 Å². The topological polar surface area (TPSA) is 61.4 Å². The lowest BCUT2D eigenvalue weighted by atomic mass is 9.96. The van der Waals surface area contributed by atoms with E-state index in [4.69, 9.17) is 11.6 Å². The summed E-state index contributed by atoms with van der Waals surface area (Å²) in [6.07, 6.45) is 4.51. The highest BCUT2D eigenvalue weighted by Gasteiger charge is 2.36. The van der Waals surface area contributed by atoms with Crippen LogP contribution in [-0.4, -0.2) is 48.9 Å². The molecule has 17 heavy (non-hydrogen) atoms. The van der Waals surface area contributed by atoms with E-state index in [1.807, 2.05) is 14.1 Å². The van der Waals surface area contributed by atoms with Crippen LogP contribution in [0.2, 0.25) is 0 Å². The van der Waals surface area contributed by atoms with Crippen LogP contribution in [0.15, 0.2) is 0 Å². The fourth-order valence-electron chi connectivity index (χ4n) is 2.26. The van der Waals surface area contributed by atoms with Gasteiger partial charge in [0.15, 0.2) is 0 Å². The van der Waals surface area contributed by atoms with Crippen molar-refractivity contribution in [2.75, 3.05) is 26.5 Å². The fraction of sp³-hybridized carbons (Fsp3) is 0.818. The molecule has 1 saturated carbocycles. The van der Waals surface area contributed by atoms with Gasteiger partial charge in [-0.1, -0.05) is 12.8 Å². The molecule has 1 rings (SSSR count). The molecule has 0 unspecified atom stereocenters. The lowest BCUT2D eigenvalue weighted by molar-refractivity contribution is -0.117. The van der Waals surface area contributed by atoms with Gasteiger partial charge in [0, 0.05) is 12.1 Å². The minimum atomic E-state index is -0.477. The van der Waals surface area contributed by atoms with E-state index in [1.165, 1.54) is 12.8 Å². The number of amides is 3. The van der Waals surface area contributed by atoms with E-state index < -0.39 is 11.9 Å². The molecule has 0 radical (unpaired) electrons. The zero-order valence-corrected chi connectivity index (χ0v) is 11.1. The van der Waals surface area contributed by atoms with Gasteiger partial charge in [0.25, 0.3) is 0 Å². The predicted molar refractivity (Wildman–Crippen MR) is 67.1 cm³/mol. The van der Waals surface area contributed by atoms with E-state index in [0.29, 0.717) is 6.54 Å². The molecule has 0 aromatic carbocycles. The molecule has 98 valence electrons. The summed E-state index contributed by atoms with van der Waals surface area (Å²) >= 11 is 5.30. The maximum atomic E-state index is 11.4. The number of nitrogens with zero attached hydrogens (tertiary/aromatic N) is 1. The highest BCUT2D eigenvalue weighted by Crippen LogP contribution is 2.32. The zero-order chi connectivity index (χ0) is 12.9. The lowest BCUT2D eigenvalue weighted by Gasteiger charge is -2.36. The number of imide groups is 1. The van der Waals surface area contributed by atoms with Gasteiger partial charge in [-0.2, -0.15) is 0 Å². The van der Waals surface area contributed by atoms with Crippen LogP contribution < -0.4 is 10.6 Å². The summed E-state index contributed by atoms with van der Waals surface area (Å²) in [5.41, 5.74) is 0.0291. The molecular weight excluding hydrogens is 242 g/mol. The van der Waals surface area contributed by atoms with E-state index in [-0.39, 0.29) is 11.4 Å². The number of carbonyl (C=O) groups excluding carboxylic acids is 2. The zero-order valence-electron chi connectivity index (χ0n) is 10.4. The highest BCUT2D eigenvalue weighted by atomic mass is 35.5. The molecule has 1 aliphatic carbocycles. The van der Waals surface area contributed by atoms with Crippen molar-refractivity contribution in [3.05, 3.63) is 0 Å². The van der Waals surface area contributed by atoms with Crippen LogP contribution in [0.1, 0.15) is 25.7 Å². The van der Waals surface area contributed by atoms with Crippen molar-refractivity contribution in [1.82, 2.24) is 15.5 Å². The number of alkyl halides is 1. The highest BCUT2D eigenvalue weighted by molar-refractivity contribution is 6.28.